The van der Waals surface area contributed by atoms with E-state index in [9.17, 15) is 5.11 Å². The molecule has 16 heavy (non-hydrogen) atoms. The topological polar surface area (TPSA) is 20.2 Å². The van der Waals surface area contributed by atoms with Gasteiger partial charge in [0.25, 0.3) is 0 Å². The molecular weight excluding hydrogens is 284 g/mol. The first kappa shape index (κ1) is 11.8. The average molecular weight is 297 g/mol. The average Bonchev–Trinajstić information content (AvgIpc) is 2.70. The summed E-state index contributed by atoms with van der Waals surface area (Å²) >= 11 is 5.17. The van der Waals surface area contributed by atoms with E-state index in [1.807, 2.05) is 36.6 Å². The molecule has 0 bridgehead atoms. The van der Waals surface area contributed by atoms with Crippen LogP contribution >= 0.6 is 27.3 Å². The molecule has 1 atom stereocenters. The van der Waals surface area contributed by atoms with Crippen molar-refractivity contribution in [3.8, 4) is 0 Å². The maximum absolute atomic E-state index is 10.1. The molecule has 1 aromatic heterocycles. The number of thiophene rings is 1. The van der Waals surface area contributed by atoms with Crippen LogP contribution in [0.2, 0.25) is 0 Å². The van der Waals surface area contributed by atoms with E-state index in [4.69, 9.17) is 0 Å². The predicted octanol–water partition coefficient (Wildman–Crippen LogP) is 4.10. The molecule has 1 unspecified atom stereocenters. The first-order valence-corrected chi connectivity index (χ1v) is 6.80. The molecule has 0 radical (unpaired) electrons. The van der Waals surface area contributed by atoms with Crippen LogP contribution in [0.3, 0.4) is 0 Å². The van der Waals surface area contributed by atoms with Crippen LogP contribution < -0.4 is 0 Å². The number of aliphatic hydroxyl groups excluding tert-OH is 1. The Bertz CT molecular complexity index is 465. The molecule has 0 spiro atoms. The molecule has 0 saturated carbocycles. The lowest BCUT2D eigenvalue weighted by Gasteiger charge is -2.12. The first-order chi connectivity index (χ1) is 7.66. The molecule has 0 aliphatic carbocycles. The van der Waals surface area contributed by atoms with Gasteiger partial charge in [-0.05, 0) is 35.6 Å². The van der Waals surface area contributed by atoms with E-state index < -0.39 is 6.10 Å². The van der Waals surface area contributed by atoms with Crippen molar-refractivity contribution in [3.05, 3.63) is 56.2 Å². The van der Waals surface area contributed by atoms with Gasteiger partial charge in [-0.25, -0.2) is 0 Å². The zero-order valence-corrected chi connectivity index (χ0v) is 11.4. The molecule has 0 amide bonds. The number of hydrogen-bond acceptors (Lipinski definition) is 2. The fraction of sp³-hybridized carbons (Fsp3) is 0.231. The maximum Gasteiger partial charge on any atom is 0.0849 e. The zero-order chi connectivity index (χ0) is 11.5. The third kappa shape index (κ3) is 2.73. The van der Waals surface area contributed by atoms with Gasteiger partial charge in [0, 0.05) is 15.8 Å². The summed E-state index contributed by atoms with van der Waals surface area (Å²) in [5, 5.41) is 12.2. The summed E-state index contributed by atoms with van der Waals surface area (Å²) in [6.45, 7) is 2.04. The van der Waals surface area contributed by atoms with Gasteiger partial charge < -0.3 is 5.11 Å². The minimum Gasteiger partial charge on any atom is -0.388 e. The lowest BCUT2D eigenvalue weighted by atomic mass is 10.0. The number of hydrogen-bond donors (Lipinski definition) is 1. The van der Waals surface area contributed by atoms with Crippen LogP contribution in [0.15, 0.2) is 40.2 Å². The highest BCUT2D eigenvalue weighted by atomic mass is 79.9. The standard InChI is InChI=1S/C13H13BrOS/c1-9-4-5-11(12(14)7-9)13(15)8-10-3-2-6-16-10/h2-7,13,15H,8H2,1H3. The highest BCUT2D eigenvalue weighted by Gasteiger charge is 2.12. The van der Waals surface area contributed by atoms with Crippen LogP contribution in [0.1, 0.15) is 22.1 Å². The molecule has 2 rings (SSSR count). The predicted molar refractivity (Wildman–Crippen MR) is 71.9 cm³/mol. The molecule has 0 saturated heterocycles. The third-order valence-electron chi connectivity index (χ3n) is 2.49. The summed E-state index contributed by atoms with van der Waals surface area (Å²) in [5.41, 5.74) is 2.15. The number of halogens is 1. The molecule has 0 aliphatic heterocycles. The molecule has 1 heterocycles. The molecule has 0 aliphatic rings. The van der Waals surface area contributed by atoms with Crippen LogP contribution in [0.4, 0.5) is 0 Å². The van der Waals surface area contributed by atoms with Crippen molar-refractivity contribution in [1.29, 1.82) is 0 Å². The van der Waals surface area contributed by atoms with Gasteiger partial charge in [-0.15, -0.1) is 11.3 Å². The molecule has 0 fully saturated rings. The fourth-order valence-electron chi connectivity index (χ4n) is 1.63. The van der Waals surface area contributed by atoms with Crippen LogP contribution in [-0.4, -0.2) is 5.11 Å². The van der Waals surface area contributed by atoms with E-state index >= 15 is 0 Å². The van der Waals surface area contributed by atoms with Gasteiger partial charge in [-0.3, -0.25) is 0 Å². The molecular formula is C13H13BrOS. The van der Waals surface area contributed by atoms with Crippen molar-refractivity contribution < 1.29 is 5.11 Å². The Morgan fingerprint density at radius 3 is 2.81 bits per heavy atom. The van der Waals surface area contributed by atoms with Crippen molar-refractivity contribution in [2.24, 2.45) is 0 Å². The Labute approximate surface area is 108 Å². The fourth-order valence-corrected chi connectivity index (χ4v) is 3.13. The highest BCUT2D eigenvalue weighted by Crippen LogP contribution is 2.28. The van der Waals surface area contributed by atoms with Gasteiger partial charge in [0.05, 0.1) is 6.10 Å². The lowest BCUT2D eigenvalue weighted by Crippen LogP contribution is -2.01. The van der Waals surface area contributed by atoms with E-state index in [0.29, 0.717) is 6.42 Å². The Morgan fingerprint density at radius 1 is 1.38 bits per heavy atom. The van der Waals surface area contributed by atoms with E-state index in [1.165, 1.54) is 10.4 Å². The van der Waals surface area contributed by atoms with Gasteiger partial charge in [0.2, 0.25) is 0 Å². The Hall–Kier alpha value is -0.640. The Kier molecular flexibility index (Phi) is 3.79. The maximum atomic E-state index is 10.1. The van der Waals surface area contributed by atoms with Gasteiger partial charge in [-0.1, -0.05) is 34.1 Å². The summed E-state index contributed by atoms with van der Waals surface area (Å²) in [5.74, 6) is 0. The third-order valence-corrected chi connectivity index (χ3v) is 4.08. The van der Waals surface area contributed by atoms with Crippen molar-refractivity contribution in [2.75, 3.05) is 0 Å². The largest absolute Gasteiger partial charge is 0.388 e. The quantitative estimate of drug-likeness (QED) is 0.904. The van der Waals surface area contributed by atoms with Crippen molar-refractivity contribution >= 4 is 27.3 Å². The summed E-state index contributed by atoms with van der Waals surface area (Å²) in [7, 11) is 0. The summed E-state index contributed by atoms with van der Waals surface area (Å²) in [6, 6.07) is 10.1. The summed E-state index contributed by atoms with van der Waals surface area (Å²) < 4.78 is 0.983. The van der Waals surface area contributed by atoms with E-state index in [-0.39, 0.29) is 0 Å². The molecule has 84 valence electrons. The van der Waals surface area contributed by atoms with Crippen LogP contribution in [0.5, 0.6) is 0 Å². The van der Waals surface area contributed by atoms with Crippen LogP contribution in [0.25, 0.3) is 0 Å². The van der Waals surface area contributed by atoms with Crippen molar-refractivity contribution in [3.63, 3.8) is 0 Å². The second-order valence-electron chi connectivity index (χ2n) is 3.82. The monoisotopic (exact) mass is 296 g/mol. The minimum atomic E-state index is -0.436. The van der Waals surface area contributed by atoms with Gasteiger partial charge in [-0.2, -0.15) is 0 Å². The van der Waals surface area contributed by atoms with Crippen LogP contribution in [0, 0.1) is 6.92 Å². The van der Waals surface area contributed by atoms with Crippen molar-refractivity contribution in [1.82, 2.24) is 0 Å². The summed E-state index contributed by atoms with van der Waals surface area (Å²) in [6.07, 6.45) is 0.243. The first-order valence-electron chi connectivity index (χ1n) is 5.13. The zero-order valence-electron chi connectivity index (χ0n) is 8.98. The number of rotatable bonds is 3. The van der Waals surface area contributed by atoms with Crippen LogP contribution in [-0.2, 0) is 6.42 Å². The Morgan fingerprint density at radius 2 is 2.19 bits per heavy atom. The second kappa shape index (κ2) is 5.13. The molecule has 1 nitrogen and oxygen atoms in total. The smallest absolute Gasteiger partial charge is 0.0849 e. The van der Waals surface area contributed by atoms with Gasteiger partial charge in [0.15, 0.2) is 0 Å². The molecule has 3 heteroatoms. The normalized spacial score (nSPS) is 12.7. The molecule has 1 N–H and O–H groups in total. The van der Waals surface area contributed by atoms with Crippen molar-refractivity contribution in [2.45, 2.75) is 19.4 Å². The van der Waals surface area contributed by atoms with Gasteiger partial charge >= 0.3 is 0 Å². The molecule has 2 aromatic rings. The number of aliphatic hydroxyl groups is 1. The number of aryl methyl sites for hydroxylation is 1. The number of benzene rings is 1. The van der Waals surface area contributed by atoms with E-state index in [0.717, 1.165) is 10.0 Å². The SMILES string of the molecule is Cc1ccc(C(O)Cc2cccs2)c(Br)c1. The minimum absolute atomic E-state index is 0.436. The second-order valence-corrected chi connectivity index (χ2v) is 5.71. The lowest BCUT2D eigenvalue weighted by molar-refractivity contribution is 0.178. The highest BCUT2D eigenvalue weighted by molar-refractivity contribution is 9.10. The van der Waals surface area contributed by atoms with Gasteiger partial charge in [0.1, 0.15) is 0 Å². The van der Waals surface area contributed by atoms with E-state index in [1.54, 1.807) is 11.3 Å². The van der Waals surface area contributed by atoms with E-state index in [2.05, 4.69) is 22.0 Å². The Balaban J connectivity index is 2.17. The molecule has 1 aromatic carbocycles. The summed E-state index contributed by atoms with van der Waals surface area (Å²) in [4.78, 5) is 1.21.